The molecule has 1 aromatic carbocycles. The molecule has 0 aromatic heterocycles. The summed E-state index contributed by atoms with van der Waals surface area (Å²) in [6.07, 6.45) is 5.57. The molecule has 0 radical (unpaired) electrons. The van der Waals surface area contributed by atoms with Crippen LogP contribution in [-0.4, -0.2) is 58.4 Å². The number of rotatable bonds is 14. The van der Waals surface area contributed by atoms with E-state index in [0.717, 1.165) is 51.3 Å². The second-order valence-corrected chi connectivity index (χ2v) is 6.08. The largest absolute Gasteiger partial charge is 0.388 e. The highest BCUT2D eigenvalue weighted by molar-refractivity contribution is 5.95. The lowest BCUT2D eigenvalue weighted by Crippen LogP contribution is -2.28. The molecule has 0 aliphatic rings. The van der Waals surface area contributed by atoms with Gasteiger partial charge in [0, 0.05) is 24.8 Å². The number of carbonyl (C=O) groups excluding carboxylic acids is 1. The first-order valence-electron chi connectivity index (χ1n) is 12.8. The van der Waals surface area contributed by atoms with E-state index in [1.807, 2.05) is 72.9 Å². The van der Waals surface area contributed by atoms with Crippen molar-refractivity contribution in [1.82, 2.24) is 16.0 Å². The average molecular weight is 469 g/mol. The van der Waals surface area contributed by atoms with Crippen LogP contribution in [0.25, 0.3) is 0 Å². The number of hydrogen-bond donors (Lipinski definition) is 6. The molecule has 7 N–H and O–H groups in total. The summed E-state index contributed by atoms with van der Waals surface area (Å²) in [7, 11) is 1.85. The molecule has 0 aliphatic carbocycles. The molecule has 0 saturated heterocycles. The Hall–Kier alpha value is -1.96. The van der Waals surface area contributed by atoms with Gasteiger partial charge in [-0.05, 0) is 89.7 Å². The van der Waals surface area contributed by atoms with Gasteiger partial charge in [-0.15, -0.1) is 0 Å². The second-order valence-electron chi connectivity index (χ2n) is 6.08. The molecule has 0 unspecified atom stereocenters. The van der Waals surface area contributed by atoms with E-state index in [9.17, 15) is 4.79 Å². The molecule has 7 nitrogen and oxygen atoms in total. The van der Waals surface area contributed by atoms with Crippen molar-refractivity contribution < 1.29 is 4.79 Å². The number of amides is 1. The highest BCUT2D eigenvalue weighted by Gasteiger charge is 2.04. The minimum absolute atomic E-state index is 0.0179. The van der Waals surface area contributed by atoms with Crippen LogP contribution in [-0.2, 0) is 0 Å². The summed E-state index contributed by atoms with van der Waals surface area (Å²) in [5, 5.41) is 18.9. The van der Waals surface area contributed by atoms with Crippen molar-refractivity contribution in [3.05, 3.63) is 29.8 Å². The minimum Gasteiger partial charge on any atom is -0.388 e. The maximum absolute atomic E-state index is 12.0. The van der Waals surface area contributed by atoms with Crippen LogP contribution in [0.2, 0.25) is 0 Å². The maximum atomic E-state index is 12.0. The highest BCUT2D eigenvalue weighted by Crippen LogP contribution is 2.09. The summed E-state index contributed by atoms with van der Waals surface area (Å²) in [5.41, 5.74) is 7.07. The Morgan fingerprint density at radius 3 is 1.85 bits per heavy atom. The Balaban J connectivity index is -0.000000410. The van der Waals surface area contributed by atoms with E-state index in [1.54, 1.807) is 6.92 Å². The summed E-state index contributed by atoms with van der Waals surface area (Å²) < 4.78 is 0. The van der Waals surface area contributed by atoms with Crippen LogP contribution in [0.3, 0.4) is 0 Å². The van der Waals surface area contributed by atoms with Crippen LogP contribution >= 0.6 is 0 Å². The fourth-order valence-corrected chi connectivity index (χ4v) is 2.31. The molecule has 0 heterocycles. The molecule has 0 atom stereocenters. The molecule has 1 rings (SSSR count). The van der Waals surface area contributed by atoms with Crippen LogP contribution < -0.4 is 27.0 Å². The van der Waals surface area contributed by atoms with Gasteiger partial charge in [-0.25, -0.2) is 0 Å². The van der Waals surface area contributed by atoms with Gasteiger partial charge in [-0.3, -0.25) is 4.79 Å². The number of benzene rings is 1. The molecule has 33 heavy (non-hydrogen) atoms. The molecule has 0 aliphatic heterocycles. The minimum atomic E-state index is -0.0179. The predicted molar refractivity (Wildman–Crippen MR) is 150 cm³/mol. The van der Waals surface area contributed by atoms with Gasteiger partial charge in [-0.1, -0.05) is 47.6 Å². The van der Waals surface area contributed by atoms with Crippen molar-refractivity contribution in [3.63, 3.8) is 0 Å². The van der Waals surface area contributed by atoms with Gasteiger partial charge >= 0.3 is 0 Å². The molecule has 0 saturated carbocycles. The summed E-state index contributed by atoms with van der Waals surface area (Å²) in [6, 6.07) is 7.51. The van der Waals surface area contributed by atoms with Crippen molar-refractivity contribution >= 4 is 17.8 Å². The third kappa shape index (κ3) is 30.0. The summed E-state index contributed by atoms with van der Waals surface area (Å²) in [4.78, 5) is 12.0. The van der Waals surface area contributed by atoms with Gasteiger partial charge in [-0.2, -0.15) is 0 Å². The van der Waals surface area contributed by atoms with Crippen LogP contribution in [0.5, 0.6) is 0 Å². The number of unbranched alkanes of at least 4 members (excludes halogenated alkanes) is 1. The zero-order chi connectivity index (χ0) is 26.2. The monoisotopic (exact) mass is 468 g/mol. The third-order valence-corrected chi connectivity index (χ3v) is 3.74. The van der Waals surface area contributed by atoms with E-state index in [4.69, 9.17) is 11.1 Å². The van der Waals surface area contributed by atoms with Crippen LogP contribution in [0, 0.1) is 5.41 Å². The lowest BCUT2D eigenvalue weighted by Gasteiger charge is -2.08. The van der Waals surface area contributed by atoms with E-state index in [-0.39, 0.29) is 5.91 Å². The number of nitrogens with one attached hydrogen (secondary N) is 5. The van der Waals surface area contributed by atoms with Crippen molar-refractivity contribution in [2.24, 2.45) is 5.73 Å². The van der Waals surface area contributed by atoms with Crippen molar-refractivity contribution in [1.29, 1.82) is 5.41 Å². The fraction of sp³-hybridized carbons (Fsp3) is 0.692. The summed E-state index contributed by atoms with van der Waals surface area (Å²) in [5.74, 6) is -0.0179. The molecule has 0 fully saturated rings. The van der Waals surface area contributed by atoms with Crippen LogP contribution in [0.15, 0.2) is 24.3 Å². The van der Waals surface area contributed by atoms with E-state index in [1.165, 1.54) is 19.1 Å². The maximum Gasteiger partial charge on any atom is 0.251 e. The number of carbonyl (C=O) groups is 1. The first-order valence-corrected chi connectivity index (χ1v) is 12.8. The van der Waals surface area contributed by atoms with Crippen LogP contribution in [0.1, 0.15) is 84.5 Å². The van der Waals surface area contributed by atoms with Crippen molar-refractivity contribution in [3.8, 4) is 0 Å². The number of nitrogens with two attached hydrogens (primary N) is 1. The molecular formula is C26H56N6O. The standard InChI is InChI=1S/C18H33N5O.C2H5N.3C2H6/c1-20-17-8-4-7-16(15-17)18(24)23-14-6-13-22-11-3-2-10-21-12-5-9-19;1-2-3;3*1-2/h4,7-8,15,20-22H,2-3,5-6,9-14,19H2,1H3,(H,23,24);2-3H,1H3;3*1-2H3. The zero-order valence-electron chi connectivity index (χ0n) is 22.9. The normalized spacial score (nSPS) is 8.64. The van der Waals surface area contributed by atoms with E-state index >= 15 is 0 Å². The topological polar surface area (TPSA) is 115 Å². The number of anilines is 1. The van der Waals surface area contributed by atoms with Gasteiger partial charge in [0.15, 0.2) is 0 Å². The molecule has 0 bridgehead atoms. The summed E-state index contributed by atoms with van der Waals surface area (Å²) >= 11 is 0. The Morgan fingerprint density at radius 2 is 1.36 bits per heavy atom. The quantitative estimate of drug-likeness (QED) is 0.172. The Labute approximate surface area is 205 Å². The molecular weight excluding hydrogens is 412 g/mol. The van der Waals surface area contributed by atoms with E-state index in [0.29, 0.717) is 12.1 Å². The lowest BCUT2D eigenvalue weighted by molar-refractivity contribution is 0.0953. The second kappa shape index (κ2) is 37.4. The van der Waals surface area contributed by atoms with Gasteiger partial charge in [0.2, 0.25) is 0 Å². The molecule has 1 aromatic rings. The third-order valence-electron chi connectivity index (χ3n) is 3.74. The van der Waals surface area contributed by atoms with Crippen LogP contribution in [0.4, 0.5) is 5.69 Å². The predicted octanol–water partition coefficient (Wildman–Crippen LogP) is 4.89. The Bertz CT molecular complexity index is 497. The van der Waals surface area contributed by atoms with Crippen molar-refractivity contribution in [2.75, 3.05) is 51.6 Å². The smallest absolute Gasteiger partial charge is 0.251 e. The first-order chi connectivity index (χ1) is 16.2. The lowest BCUT2D eigenvalue weighted by atomic mass is 10.2. The molecule has 196 valence electrons. The average Bonchev–Trinajstić information content (AvgIpc) is 2.88. The van der Waals surface area contributed by atoms with Gasteiger partial charge in [0.1, 0.15) is 0 Å². The SMILES string of the molecule is CC.CC.CC.CC=N.CNc1cccc(C(=O)NCCCNCCCCNCCCN)c1. The Morgan fingerprint density at radius 1 is 0.879 bits per heavy atom. The van der Waals surface area contributed by atoms with Gasteiger partial charge < -0.3 is 32.4 Å². The van der Waals surface area contributed by atoms with Gasteiger partial charge in [0.05, 0.1) is 0 Å². The van der Waals surface area contributed by atoms with Crippen molar-refractivity contribution in [2.45, 2.75) is 74.1 Å². The number of hydrogen-bond acceptors (Lipinski definition) is 6. The summed E-state index contributed by atoms with van der Waals surface area (Å²) in [6.45, 7) is 19.1. The highest BCUT2D eigenvalue weighted by atomic mass is 16.1. The molecule has 1 amide bonds. The molecule has 0 spiro atoms. The molecule has 7 heteroatoms. The first kappa shape index (κ1) is 38.3. The zero-order valence-corrected chi connectivity index (χ0v) is 22.9. The van der Waals surface area contributed by atoms with Gasteiger partial charge in [0.25, 0.3) is 5.91 Å². The van der Waals surface area contributed by atoms with E-state index in [2.05, 4.69) is 21.3 Å². The van der Waals surface area contributed by atoms with E-state index < -0.39 is 0 Å². The fourth-order valence-electron chi connectivity index (χ4n) is 2.31. The Kier molecular flexibility index (Phi) is 43.4.